The molecule has 0 aromatic heterocycles. The lowest BCUT2D eigenvalue weighted by Gasteiger charge is -1.97. The van der Waals surface area contributed by atoms with Gasteiger partial charge in [-0.05, 0) is 30.2 Å². The SMILES string of the molecule is CCCCO/C=C/c1ccc(F)cc1. The maximum atomic E-state index is 12.5. The first-order chi connectivity index (χ1) is 6.83. The molecule has 1 rings (SSSR count). The Hall–Kier alpha value is -1.31. The van der Waals surface area contributed by atoms with Crippen molar-refractivity contribution in [1.82, 2.24) is 0 Å². The summed E-state index contributed by atoms with van der Waals surface area (Å²) in [4.78, 5) is 0. The molecule has 0 atom stereocenters. The van der Waals surface area contributed by atoms with Gasteiger partial charge in [0, 0.05) is 0 Å². The summed E-state index contributed by atoms with van der Waals surface area (Å²) in [5, 5.41) is 0. The van der Waals surface area contributed by atoms with Crippen LogP contribution in [-0.2, 0) is 4.74 Å². The fourth-order valence-electron chi connectivity index (χ4n) is 0.996. The first kappa shape index (κ1) is 10.8. The molecule has 0 saturated heterocycles. The third kappa shape index (κ3) is 4.08. The largest absolute Gasteiger partial charge is 0.501 e. The highest BCUT2D eigenvalue weighted by Gasteiger charge is 1.88. The number of ether oxygens (including phenoxy) is 1. The van der Waals surface area contributed by atoms with E-state index in [-0.39, 0.29) is 5.82 Å². The van der Waals surface area contributed by atoms with Crippen molar-refractivity contribution in [1.29, 1.82) is 0 Å². The van der Waals surface area contributed by atoms with Gasteiger partial charge in [0.2, 0.25) is 0 Å². The maximum Gasteiger partial charge on any atom is 0.123 e. The van der Waals surface area contributed by atoms with E-state index in [2.05, 4.69) is 6.92 Å². The standard InChI is InChI=1S/C12H15FO/c1-2-3-9-14-10-8-11-4-6-12(13)7-5-11/h4-8,10H,2-3,9H2,1H3/b10-8+. The molecule has 0 fully saturated rings. The van der Waals surface area contributed by atoms with Crippen LogP contribution in [0.1, 0.15) is 25.3 Å². The van der Waals surface area contributed by atoms with E-state index in [0.717, 1.165) is 25.0 Å². The predicted octanol–water partition coefficient (Wildman–Crippen LogP) is 3.61. The van der Waals surface area contributed by atoms with Gasteiger partial charge in [-0.1, -0.05) is 25.5 Å². The molecule has 1 aromatic rings. The van der Waals surface area contributed by atoms with Crippen LogP contribution in [0, 0.1) is 5.82 Å². The van der Waals surface area contributed by atoms with E-state index in [1.54, 1.807) is 18.4 Å². The van der Waals surface area contributed by atoms with Gasteiger partial charge in [-0.15, -0.1) is 0 Å². The van der Waals surface area contributed by atoms with Gasteiger partial charge in [-0.2, -0.15) is 0 Å². The number of benzene rings is 1. The van der Waals surface area contributed by atoms with Crippen LogP contribution in [0.4, 0.5) is 4.39 Å². The summed E-state index contributed by atoms with van der Waals surface area (Å²) in [7, 11) is 0. The molecule has 0 aliphatic rings. The quantitative estimate of drug-likeness (QED) is 0.514. The van der Waals surface area contributed by atoms with E-state index in [9.17, 15) is 4.39 Å². The molecule has 2 heteroatoms. The van der Waals surface area contributed by atoms with Gasteiger partial charge in [0.25, 0.3) is 0 Å². The van der Waals surface area contributed by atoms with Crippen LogP contribution in [0.25, 0.3) is 6.08 Å². The second-order valence-corrected chi connectivity index (χ2v) is 3.08. The zero-order valence-electron chi connectivity index (χ0n) is 8.37. The fraction of sp³-hybridized carbons (Fsp3) is 0.333. The molecular weight excluding hydrogens is 179 g/mol. The van der Waals surface area contributed by atoms with E-state index in [1.165, 1.54) is 12.1 Å². The molecule has 14 heavy (non-hydrogen) atoms. The zero-order chi connectivity index (χ0) is 10.2. The van der Waals surface area contributed by atoms with Crippen LogP contribution in [0.5, 0.6) is 0 Å². The van der Waals surface area contributed by atoms with Crippen molar-refractivity contribution >= 4 is 6.08 Å². The minimum Gasteiger partial charge on any atom is -0.501 e. The molecule has 0 bridgehead atoms. The number of rotatable bonds is 5. The summed E-state index contributed by atoms with van der Waals surface area (Å²) in [5.74, 6) is -0.214. The normalized spacial score (nSPS) is 10.7. The first-order valence-electron chi connectivity index (χ1n) is 4.86. The van der Waals surface area contributed by atoms with Gasteiger partial charge < -0.3 is 4.74 Å². The second kappa shape index (κ2) is 6.19. The Morgan fingerprint density at radius 1 is 1.29 bits per heavy atom. The molecule has 0 unspecified atom stereocenters. The molecule has 76 valence electrons. The summed E-state index contributed by atoms with van der Waals surface area (Å²) in [6, 6.07) is 6.31. The third-order valence-electron chi connectivity index (χ3n) is 1.84. The molecule has 1 nitrogen and oxygen atoms in total. The van der Waals surface area contributed by atoms with Crippen molar-refractivity contribution in [3.63, 3.8) is 0 Å². The lowest BCUT2D eigenvalue weighted by molar-refractivity contribution is 0.246. The predicted molar refractivity (Wildman–Crippen MR) is 56.3 cm³/mol. The van der Waals surface area contributed by atoms with Crippen molar-refractivity contribution in [3.8, 4) is 0 Å². The van der Waals surface area contributed by atoms with Crippen molar-refractivity contribution < 1.29 is 9.13 Å². The van der Waals surface area contributed by atoms with E-state index >= 15 is 0 Å². The molecule has 0 N–H and O–H groups in total. The van der Waals surface area contributed by atoms with Gasteiger partial charge >= 0.3 is 0 Å². The Morgan fingerprint density at radius 2 is 2.00 bits per heavy atom. The second-order valence-electron chi connectivity index (χ2n) is 3.08. The highest BCUT2D eigenvalue weighted by molar-refractivity contribution is 5.47. The van der Waals surface area contributed by atoms with Gasteiger partial charge in [0.15, 0.2) is 0 Å². The Balaban J connectivity index is 2.33. The van der Waals surface area contributed by atoms with Gasteiger partial charge in [-0.3, -0.25) is 0 Å². The van der Waals surface area contributed by atoms with Crippen molar-refractivity contribution in [2.24, 2.45) is 0 Å². The topological polar surface area (TPSA) is 9.23 Å². The van der Waals surface area contributed by atoms with Gasteiger partial charge in [-0.25, -0.2) is 4.39 Å². The van der Waals surface area contributed by atoms with Gasteiger partial charge in [0.1, 0.15) is 5.82 Å². The van der Waals surface area contributed by atoms with Gasteiger partial charge in [0.05, 0.1) is 12.9 Å². The highest BCUT2D eigenvalue weighted by Crippen LogP contribution is 2.04. The lowest BCUT2D eigenvalue weighted by Crippen LogP contribution is -1.84. The number of hydrogen-bond acceptors (Lipinski definition) is 1. The van der Waals surface area contributed by atoms with E-state index in [1.807, 2.05) is 6.08 Å². The van der Waals surface area contributed by atoms with Crippen LogP contribution in [0.3, 0.4) is 0 Å². The Bertz CT molecular complexity index is 277. The zero-order valence-corrected chi connectivity index (χ0v) is 8.37. The number of halogens is 1. The molecule has 0 amide bonds. The van der Waals surface area contributed by atoms with Crippen molar-refractivity contribution in [3.05, 3.63) is 41.9 Å². The molecule has 0 radical (unpaired) electrons. The minimum absolute atomic E-state index is 0.214. The van der Waals surface area contributed by atoms with Crippen molar-refractivity contribution in [2.75, 3.05) is 6.61 Å². The molecule has 0 aliphatic heterocycles. The monoisotopic (exact) mass is 194 g/mol. The summed E-state index contributed by atoms with van der Waals surface area (Å²) in [5.41, 5.74) is 0.947. The summed E-state index contributed by atoms with van der Waals surface area (Å²) >= 11 is 0. The Kier molecular flexibility index (Phi) is 4.76. The average molecular weight is 194 g/mol. The van der Waals surface area contributed by atoms with E-state index < -0.39 is 0 Å². The highest BCUT2D eigenvalue weighted by atomic mass is 19.1. The number of unbranched alkanes of at least 4 members (excludes halogenated alkanes) is 1. The fourth-order valence-corrected chi connectivity index (χ4v) is 0.996. The molecule has 0 heterocycles. The van der Waals surface area contributed by atoms with E-state index in [0.29, 0.717) is 0 Å². The van der Waals surface area contributed by atoms with Crippen LogP contribution >= 0.6 is 0 Å². The minimum atomic E-state index is -0.214. The molecule has 0 spiro atoms. The summed E-state index contributed by atoms with van der Waals surface area (Å²) in [6.45, 7) is 2.86. The summed E-state index contributed by atoms with van der Waals surface area (Å²) in [6.07, 6.45) is 5.68. The van der Waals surface area contributed by atoms with Crippen molar-refractivity contribution in [2.45, 2.75) is 19.8 Å². The molecule has 0 aliphatic carbocycles. The maximum absolute atomic E-state index is 12.5. The average Bonchev–Trinajstić information content (AvgIpc) is 2.21. The van der Waals surface area contributed by atoms with Crippen LogP contribution in [0.15, 0.2) is 30.5 Å². The Morgan fingerprint density at radius 3 is 2.64 bits per heavy atom. The Labute approximate surface area is 84.2 Å². The van der Waals surface area contributed by atoms with Crippen LogP contribution in [0.2, 0.25) is 0 Å². The number of hydrogen-bond donors (Lipinski definition) is 0. The molecular formula is C12H15FO. The third-order valence-corrected chi connectivity index (χ3v) is 1.84. The van der Waals surface area contributed by atoms with E-state index in [4.69, 9.17) is 4.74 Å². The summed E-state index contributed by atoms with van der Waals surface area (Å²) < 4.78 is 17.8. The first-order valence-corrected chi connectivity index (χ1v) is 4.86. The van der Waals surface area contributed by atoms with Crippen LogP contribution in [-0.4, -0.2) is 6.61 Å². The lowest BCUT2D eigenvalue weighted by atomic mass is 10.2. The van der Waals surface area contributed by atoms with Crippen LogP contribution < -0.4 is 0 Å². The molecule has 1 aromatic carbocycles. The smallest absolute Gasteiger partial charge is 0.123 e. The molecule has 0 saturated carbocycles.